The lowest BCUT2D eigenvalue weighted by molar-refractivity contribution is -0.116. The fourth-order valence-electron chi connectivity index (χ4n) is 4.61. The number of hydrogen-bond acceptors (Lipinski definition) is 5. The van der Waals surface area contributed by atoms with Crippen LogP contribution in [0.4, 0.5) is 5.69 Å². The zero-order valence-corrected chi connectivity index (χ0v) is 17.8. The molecule has 6 nitrogen and oxygen atoms in total. The van der Waals surface area contributed by atoms with Crippen LogP contribution in [0.2, 0.25) is 0 Å². The number of carbonyl (C=O) groups is 1. The van der Waals surface area contributed by atoms with Crippen molar-refractivity contribution in [3.8, 4) is 11.6 Å². The molecule has 0 N–H and O–H groups in total. The highest BCUT2D eigenvalue weighted by atomic mass is 32.2. The molecule has 3 heterocycles. The Balaban J connectivity index is 1.37. The van der Waals surface area contributed by atoms with Crippen molar-refractivity contribution in [2.75, 3.05) is 17.2 Å². The molecule has 0 saturated heterocycles. The second-order valence-corrected chi connectivity index (χ2v) is 8.95. The van der Waals surface area contributed by atoms with Gasteiger partial charge in [0.15, 0.2) is 10.9 Å². The second-order valence-electron chi connectivity index (χ2n) is 8.01. The molecular weight excluding hydrogens is 396 g/mol. The number of para-hydroxylation sites is 1. The van der Waals surface area contributed by atoms with Crippen LogP contribution in [0.1, 0.15) is 50.1 Å². The Kier molecular flexibility index (Phi) is 5.62. The van der Waals surface area contributed by atoms with Crippen LogP contribution in [-0.2, 0) is 11.2 Å². The van der Waals surface area contributed by atoms with Crippen molar-refractivity contribution in [1.82, 2.24) is 14.8 Å². The number of benzene rings is 1. The van der Waals surface area contributed by atoms with Gasteiger partial charge in [-0.15, -0.1) is 10.2 Å². The quantitative estimate of drug-likeness (QED) is 0.534. The molecule has 1 aliphatic heterocycles. The molecule has 0 bridgehead atoms. The lowest BCUT2D eigenvalue weighted by Gasteiger charge is -2.29. The number of amides is 1. The number of fused-ring (bicyclic) bond motifs is 1. The van der Waals surface area contributed by atoms with Gasteiger partial charge in [-0.05, 0) is 49.4 Å². The molecule has 1 amide bonds. The Morgan fingerprint density at radius 3 is 2.77 bits per heavy atom. The minimum absolute atomic E-state index is 0.130. The Labute approximate surface area is 180 Å². The standard InChI is InChI=1S/C23H26N4O2S/c28-21(26-14-6-9-17-8-4-5-12-19(17)26)16-30-23-25-24-22(20-13-7-15-29-20)27(23)18-10-2-1-3-11-18/h4-5,7-8,12-13,15,18H,1-3,6,9-11,14,16H2. The lowest BCUT2D eigenvalue weighted by Crippen LogP contribution is -2.36. The number of furan rings is 1. The molecule has 1 aromatic carbocycles. The van der Waals surface area contributed by atoms with E-state index >= 15 is 0 Å². The van der Waals surface area contributed by atoms with Crippen LogP contribution in [0.3, 0.4) is 0 Å². The molecule has 2 aromatic heterocycles. The molecule has 0 atom stereocenters. The van der Waals surface area contributed by atoms with Gasteiger partial charge >= 0.3 is 0 Å². The fraction of sp³-hybridized carbons (Fsp3) is 0.435. The third-order valence-electron chi connectivity index (χ3n) is 6.08. The van der Waals surface area contributed by atoms with Crippen molar-refractivity contribution in [3.63, 3.8) is 0 Å². The van der Waals surface area contributed by atoms with E-state index in [2.05, 4.69) is 26.9 Å². The summed E-state index contributed by atoms with van der Waals surface area (Å²) in [6.45, 7) is 0.781. The first-order valence-corrected chi connectivity index (χ1v) is 11.8. The number of hydrogen-bond donors (Lipinski definition) is 0. The normalized spacial score (nSPS) is 17.1. The Morgan fingerprint density at radius 2 is 1.93 bits per heavy atom. The van der Waals surface area contributed by atoms with Crippen LogP contribution in [0.15, 0.2) is 52.2 Å². The van der Waals surface area contributed by atoms with E-state index in [0.717, 1.165) is 54.7 Å². The highest BCUT2D eigenvalue weighted by Crippen LogP contribution is 2.36. The van der Waals surface area contributed by atoms with Crippen LogP contribution in [0.5, 0.6) is 0 Å². The van der Waals surface area contributed by atoms with E-state index < -0.39 is 0 Å². The van der Waals surface area contributed by atoms with Crippen molar-refractivity contribution >= 4 is 23.4 Å². The van der Waals surface area contributed by atoms with Gasteiger partial charge in [-0.1, -0.05) is 49.2 Å². The van der Waals surface area contributed by atoms with Crippen LogP contribution in [0, 0.1) is 0 Å². The largest absolute Gasteiger partial charge is 0.461 e. The van der Waals surface area contributed by atoms with E-state index in [-0.39, 0.29) is 5.91 Å². The van der Waals surface area contributed by atoms with Crippen LogP contribution in [0.25, 0.3) is 11.6 Å². The molecule has 0 spiro atoms. The van der Waals surface area contributed by atoms with Gasteiger partial charge in [-0.25, -0.2) is 0 Å². The van der Waals surface area contributed by atoms with Gasteiger partial charge in [0.05, 0.1) is 12.0 Å². The summed E-state index contributed by atoms with van der Waals surface area (Å²) >= 11 is 1.49. The molecular formula is C23H26N4O2S. The summed E-state index contributed by atoms with van der Waals surface area (Å²) in [5, 5.41) is 9.70. The van der Waals surface area contributed by atoms with E-state index in [4.69, 9.17) is 4.42 Å². The number of thioether (sulfide) groups is 1. The SMILES string of the molecule is O=C(CSc1nnc(-c2ccco2)n1C1CCCCC1)N1CCCc2ccccc21. The molecule has 30 heavy (non-hydrogen) atoms. The minimum Gasteiger partial charge on any atom is -0.461 e. The minimum atomic E-state index is 0.130. The lowest BCUT2D eigenvalue weighted by atomic mass is 9.95. The molecule has 5 rings (SSSR count). The maximum Gasteiger partial charge on any atom is 0.237 e. The Bertz CT molecular complexity index is 1010. The summed E-state index contributed by atoms with van der Waals surface area (Å²) in [5.74, 6) is 1.99. The number of rotatable bonds is 5. The van der Waals surface area contributed by atoms with Crippen LogP contribution >= 0.6 is 11.8 Å². The van der Waals surface area contributed by atoms with Gasteiger partial charge in [0.1, 0.15) is 0 Å². The summed E-state index contributed by atoms with van der Waals surface area (Å²) < 4.78 is 7.82. The van der Waals surface area contributed by atoms with Crippen molar-refractivity contribution in [2.45, 2.75) is 56.1 Å². The van der Waals surface area contributed by atoms with Gasteiger partial charge in [0, 0.05) is 18.3 Å². The summed E-state index contributed by atoms with van der Waals surface area (Å²) in [4.78, 5) is 15.0. The van der Waals surface area contributed by atoms with Gasteiger partial charge in [0.25, 0.3) is 0 Å². The Hall–Kier alpha value is -2.54. The predicted octanol–water partition coefficient (Wildman–Crippen LogP) is 5.11. The van der Waals surface area contributed by atoms with Crippen molar-refractivity contribution in [2.24, 2.45) is 0 Å². The number of aromatic nitrogens is 3. The van der Waals surface area contributed by atoms with Crippen LogP contribution in [-0.4, -0.2) is 33.0 Å². The molecule has 7 heteroatoms. The van der Waals surface area contributed by atoms with Crippen molar-refractivity contribution in [3.05, 3.63) is 48.2 Å². The number of aryl methyl sites for hydroxylation is 1. The first-order chi connectivity index (χ1) is 14.8. The maximum absolute atomic E-state index is 13.1. The molecule has 1 aliphatic carbocycles. The predicted molar refractivity (Wildman–Crippen MR) is 118 cm³/mol. The Morgan fingerprint density at radius 1 is 1.07 bits per heavy atom. The average Bonchev–Trinajstić information content (AvgIpc) is 3.47. The molecule has 0 unspecified atom stereocenters. The first kappa shape index (κ1) is 19.4. The van der Waals surface area contributed by atoms with Gasteiger partial charge < -0.3 is 9.32 Å². The number of nitrogens with zero attached hydrogens (tertiary/aromatic N) is 4. The molecule has 2 aliphatic rings. The third kappa shape index (κ3) is 3.78. The van der Waals surface area contributed by atoms with Crippen LogP contribution < -0.4 is 4.90 Å². The number of anilines is 1. The highest BCUT2D eigenvalue weighted by molar-refractivity contribution is 7.99. The van der Waals surface area contributed by atoms with Gasteiger partial charge in [-0.3, -0.25) is 9.36 Å². The molecule has 0 radical (unpaired) electrons. The zero-order valence-electron chi connectivity index (χ0n) is 17.0. The first-order valence-electron chi connectivity index (χ1n) is 10.8. The molecule has 156 valence electrons. The zero-order chi connectivity index (χ0) is 20.3. The van der Waals surface area contributed by atoms with Crippen molar-refractivity contribution in [1.29, 1.82) is 0 Å². The second kappa shape index (κ2) is 8.68. The molecule has 3 aromatic rings. The summed E-state index contributed by atoms with van der Waals surface area (Å²) in [6, 6.07) is 12.4. The topological polar surface area (TPSA) is 64.2 Å². The van der Waals surface area contributed by atoms with E-state index in [1.165, 1.54) is 36.6 Å². The number of carbonyl (C=O) groups excluding carboxylic acids is 1. The third-order valence-corrected chi connectivity index (χ3v) is 7.01. The highest BCUT2D eigenvalue weighted by Gasteiger charge is 2.27. The van der Waals surface area contributed by atoms with E-state index in [9.17, 15) is 4.79 Å². The monoisotopic (exact) mass is 422 g/mol. The van der Waals surface area contributed by atoms with Gasteiger partial charge in [0.2, 0.25) is 11.7 Å². The van der Waals surface area contributed by atoms with Crippen molar-refractivity contribution < 1.29 is 9.21 Å². The van der Waals surface area contributed by atoms with E-state index in [1.807, 2.05) is 29.2 Å². The van der Waals surface area contributed by atoms with E-state index in [1.54, 1.807) is 6.26 Å². The summed E-state index contributed by atoms with van der Waals surface area (Å²) in [5.41, 5.74) is 2.31. The molecule has 1 fully saturated rings. The smallest absolute Gasteiger partial charge is 0.237 e. The van der Waals surface area contributed by atoms with Gasteiger partial charge in [-0.2, -0.15) is 0 Å². The van der Waals surface area contributed by atoms with E-state index in [0.29, 0.717) is 11.8 Å². The summed E-state index contributed by atoms with van der Waals surface area (Å²) in [7, 11) is 0. The molecule has 1 saturated carbocycles. The summed E-state index contributed by atoms with van der Waals surface area (Å²) in [6.07, 6.45) is 9.66. The maximum atomic E-state index is 13.1. The fourth-order valence-corrected chi connectivity index (χ4v) is 5.50. The average molecular weight is 423 g/mol.